The molecule has 0 aromatic heterocycles. The van der Waals surface area contributed by atoms with Crippen LogP contribution in [0.3, 0.4) is 0 Å². The number of para-hydroxylation sites is 2. The molecular weight excluding hydrogens is 364 g/mol. The molecule has 1 fully saturated rings. The quantitative estimate of drug-likeness (QED) is 0.822. The number of anilines is 1. The largest absolute Gasteiger partial charge is 0.492 e. The van der Waals surface area contributed by atoms with Gasteiger partial charge in [0.2, 0.25) is 0 Å². The maximum Gasteiger partial charge on any atom is 0.262 e. The van der Waals surface area contributed by atoms with E-state index in [9.17, 15) is 13.2 Å². The van der Waals surface area contributed by atoms with E-state index in [0.717, 1.165) is 32.4 Å². The highest BCUT2D eigenvalue weighted by Crippen LogP contribution is 2.27. The number of nitrogens with one attached hydrogen (secondary N) is 1. The Morgan fingerprint density at radius 1 is 1.07 bits per heavy atom. The van der Waals surface area contributed by atoms with E-state index in [-0.39, 0.29) is 10.8 Å². The number of ether oxygens (including phenoxy) is 1. The fraction of sp³-hybridized carbons (Fsp3) is 0.350. The first-order valence-corrected chi connectivity index (χ1v) is 10.6. The van der Waals surface area contributed by atoms with Gasteiger partial charge >= 0.3 is 0 Å². The number of hydrogen-bond donors (Lipinski definition) is 1. The van der Waals surface area contributed by atoms with Crippen LogP contribution in [0.2, 0.25) is 0 Å². The van der Waals surface area contributed by atoms with Crippen molar-refractivity contribution in [2.75, 3.05) is 24.4 Å². The number of likely N-dealkylation sites (tertiary alicyclic amines) is 1. The molecule has 1 saturated heterocycles. The average Bonchev–Trinajstić information content (AvgIpc) is 2.70. The Hall–Kier alpha value is -2.54. The van der Waals surface area contributed by atoms with Gasteiger partial charge in [0.25, 0.3) is 15.9 Å². The van der Waals surface area contributed by atoms with Crippen molar-refractivity contribution in [1.82, 2.24) is 4.90 Å². The fourth-order valence-corrected chi connectivity index (χ4v) is 4.23. The second-order valence-corrected chi connectivity index (χ2v) is 8.10. The molecule has 27 heavy (non-hydrogen) atoms. The lowest BCUT2D eigenvalue weighted by atomic mass is 10.1. The van der Waals surface area contributed by atoms with Gasteiger partial charge in [0.1, 0.15) is 5.75 Å². The van der Waals surface area contributed by atoms with Gasteiger partial charge in [-0.3, -0.25) is 9.52 Å². The number of sulfonamides is 1. The number of hydrogen-bond acceptors (Lipinski definition) is 4. The van der Waals surface area contributed by atoms with Crippen LogP contribution in [-0.4, -0.2) is 38.9 Å². The number of piperidine rings is 1. The molecule has 0 atom stereocenters. The van der Waals surface area contributed by atoms with E-state index >= 15 is 0 Å². The van der Waals surface area contributed by atoms with Crippen LogP contribution in [0.15, 0.2) is 53.4 Å². The number of benzene rings is 2. The Balaban J connectivity index is 1.84. The smallest absolute Gasteiger partial charge is 0.262 e. The molecule has 0 saturated carbocycles. The zero-order chi connectivity index (χ0) is 19.3. The van der Waals surface area contributed by atoms with Crippen LogP contribution in [-0.2, 0) is 10.0 Å². The monoisotopic (exact) mass is 388 g/mol. The normalized spacial score (nSPS) is 14.6. The SMILES string of the molecule is CCOc1ccccc1NS(=O)(=O)c1cccc(C(=O)N2CCCCC2)c1. The van der Waals surface area contributed by atoms with E-state index < -0.39 is 10.0 Å². The highest BCUT2D eigenvalue weighted by molar-refractivity contribution is 7.92. The van der Waals surface area contributed by atoms with Crippen molar-refractivity contribution in [3.05, 3.63) is 54.1 Å². The fourth-order valence-electron chi connectivity index (χ4n) is 3.11. The summed E-state index contributed by atoms with van der Waals surface area (Å²) in [6.45, 7) is 3.70. The summed E-state index contributed by atoms with van der Waals surface area (Å²) < 4.78 is 33.7. The first-order chi connectivity index (χ1) is 13.0. The van der Waals surface area contributed by atoms with E-state index in [1.54, 1.807) is 41.3 Å². The Kier molecular flexibility index (Phi) is 6.01. The third kappa shape index (κ3) is 4.60. The Bertz CT molecular complexity index is 906. The summed E-state index contributed by atoms with van der Waals surface area (Å²) in [5.74, 6) is 0.339. The van der Waals surface area contributed by atoms with Gasteiger partial charge in [0.05, 0.1) is 17.2 Å². The molecule has 1 N–H and O–H groups in total. The maximum absolute atomic E-state index is 12.8. The molecule has 3 rings (SSSR count). The summed E-state index contributed by atoms with van der Waals surface area (Å²) in [5.41, 5.74) is 0.755. The molecule has 0 bridgehead atoms. The molecule has 0 unspecified atom stereocenters. The van der Waals surface area contributed by atoms with E-state index in [4.69, 9.17) is 4.74 Å². The average molecular weight is 388 g/mol. The van der Waals surface area contributed by atoms with Crippen LogP contribution in [0.25, 0.3) is 0 Å². The Morgan fingerprint density at radius 3 is 2.56 bits per heavy atom. The van der Waals surface area contributed by atoms with Gasteiger partial charge in [-0.05, 0) is 56.5 Å². The standard InChI is InChI=1S/C20H24N2O4S/c1-2-26-19-12-5-4-11-18(19)21-27(24,25)17-10-8-9-16(15-17)20(23)22-13-6-3-7-14-22/h4-5,8-12,15,21H,2-3,6-7,13-14H2,1H3. The molecule has 0 aliphatic carbocycles. The molecule has 1 heterocycles. The van der Waals surface area contributed by atoms with Crippen molar-refractivity contribution < 1.29 is 17.9 Å². The number of rotatable bonds is 6. The Morgan fingerprint density at radius 2 is 1.81 bits per heavy atom. The van der Waals surface area contributed by atoms with Crippen LogP contribution in [0.5, 0.6) is 5.75 Å². The maximum atomic E-state index is 12.8. The van der Waals surface area contributed by atoms with Gasteiger partial charge < -0.3 is 9.64 Å². The van der Waals surface area contributed by atoms with Gasteiger partial charge in [-0.1, -0.05) is 18.2 Å². The number of carbonyl (C=O) groups excluding carboxylic acids is 1. The van der Waals surface area contributed by atoms with Crippen molar-refractivity contribution in [3.63, 3.8) is 0 Å². The molecule has 0 radical (unpaired) electrons. The van der Waals surface area contributed by atoms with Crippen LogP contribution in [0.4, 0.5) is 5.69 Å². The number of nitrogens with zero attached hydrogens (tertiary/aromatic N) is 1. The molecule has 0 spiro atoms. The van der Waals surface area contributed by atoms with E-state index in [0.29, 0.717) is 23.6 Å². The minimum absolute atomic E-state index is 0.0525. The predicted octanol–water partition coefficient (Wildman–Crippen LogP) is 3.51. The highest BCUT2D eigenvalue weighted by atomic mass is 32.2. The summed E-state index contributed by atoms with van der Waals surface area (Å²) in [7, 11) is -3.84. The lowest BCUT2D eigenvalue weighted by molar-refractivity contribution is 0.0724. The zero-order valence-electron chi connectivity index (χ0n) is 15.3. The summed E-state index contributed by atoms with van der Waals surface area (Å²) in [5, 5.41) is 0. The molecule has 144 valence electrons. The minimum atomic E-state index is -3.84. The van der Waals surface area contributed by atoms with Crippen molar-refractivity contribution in [2.24, 2.45) is 0 Å². The van der Waals surface area contributed by atoms with Gasteiger partial charge in [0.15, 0.2) is 0 Å². The van der Waals surface area contributed by atoms with E-state index in [1.165, 1.54) is 12.1 Å². The number of carbonyl (C=O) groups is 1. The molecule has 1 amide bonds. The summed E-state index contributed by atoms with van der Waals surface area (Å²) in [4.78, 5) is 14.5. The lowest BCUT2D eigenvalue weighted by Crippen LogP contribution is -2.35. The predicted molar refractivity (Wildman–Crippen MR) is 105 cm³/mol. The van der Waals surface area contributed by atoms with E-state index in [1.807, 2.05) is 6.92 Å². The first-order valence-electron chi connectivity index (χ1n) is 9.15. The molecule has 6 nitrogen and oxygen atoms in total. The zero-order valence-corrected chi connectivity index (χ0v) is 16.2. The molecule has 1 aliphatic heterocycles. The van der Waals surface area contributed by atoms with E-state index in [2.05, 4.69) is 4.72 Å². The van der Waals surface area contributed by atoms with Crippen LogP contribution >= 0.6 is 0 Å². The van der Waals surface area contributed by atoms with Crippen LogP contribution in [0.1, 0.15) is 36.5 Å². The molecule has 2 aromatic carbocycles. The summed E-state index contributed by atoms with van der Waals surface area (Å²) in [6.07, 6.45) is 3.10. The minimum Gasteiger partial charge on any atom is -0.492 e. The van der Waals surface area contributed by atoms with Gasteiger partial charge in [-0.25, -0.2) is 8.42 Å². The first kappa shape index (κ1) is 19.2. The summed E-state index contributed by atoms with van der Waals surface area (Å²) >= 11 is 0. The lowest BCUT2D eigenvalue weighted by Gasteiger charge is -2.26. The third-order valence-electron chi connectivity index (χ3n) is 4.47. The van der Waals surface area contributed by atoms with Crippen molar-refractivity contribution >= 4 is 21.6 Å². The third-order valence-corrected chi connectivity index (χ3v) is 5.83. The topological polar surface area (TPSA) is 75.7 Å². The van der Waals surface area contributed by atoms with Crippen molar-refractivity contribution in [1.29, 1.82) is 0 Å². The highest BCUT2D eigenvalue weighted by Gasteiger charge is 2.21. The second-order valence-electron chi connectivity index (χ2n) is 6.42. The summed E-state index contributed by atoms with van der Waals surface area (Å²) in [6, 6.07) is 13.0. The van der Waals surface area contributed by atoms with Gasteiger partial charge in [-0.2, -0.15) is 0 Å². The molecule has 2 aromatic rings. The van der Waals surface area contributed by atoms with Gasteiger partial charge in [0, 0.05) is 18.7 Å². The molecule has 1 aliphatic rings. The van der Waals surface area contributed by atoms with Crippen LogP contribution in [0, 0.1) is 0 Å². The number of amides is 1. The van der Waals surface area contributed by atoms with Crippen LogP contribution < -0.4 is 9.46 Å². The molecular formula is C20H24N2O4S. The van der Waals surface area contributed by atoms with Crippen molar-refractivity contribution in [3.8, 4) is 5.75 Å². The van der Waals surface area contributed by atoms with Crippen molar-refractivity contribution in [2.45, 2.75) is 31.1 Å². The van der Waals surface area contributed by atoms with Gasteiger partial charge in [-0.15, -0.1) is 0 Å². The second kappa shape index (κ2) is 8.43. The Labute approximate surface area is 160 Å². The molecule has 7 heteroatoms.